The second-order valence-corrected chi connectivity index (χ2v) is 4.18. The number of carbonyl (C=O) groups excluding carboxylic acids is 2. The molecule has 0 aliphatic carbocycles. The maximum Gasteiger partial charge on any atom is 0.317 e. The lowest BCUT2D eigenvalue weighted by molar-refractivity contribution is -0.153. The zero-order valence-corrected chi connectivity index (χ0v) is 9.53. The van der Waals surface area contributed by atoms with Crippen molar-refractivity contribution >= 4 is 22.8 Å². The van der Waals surface area contributed by atoms with Crippen molar-refractivity contribution in [2.45, 2.75) is 26.7 Å². The van der Waals surface area contributed by atoms with Crippen molar-refractivity contribution in [1.29, 1.82) is 0 Å². The first-order chi connectivity index (χ1) is 6.82. The molecule has 0 bridgehead atoms. The molecule has 7 heteroatoms. The molecule has 1 unspecified atom stereocenters. The highest BCUT2D eigenvalue weighted by Crippen LogP contribution is 2.22. The molecule has 1 atom stereocenters. The second-order valence-electron chi connectivity index (χ2n) is 3.61. The Kier molecular flexibility index (Phi) is 6.11. The van der Waals surface area contributed by atoms with Crippen LogP contribution < -0.4 is 5.14 Å². The second kappa shape index (κ2) is 6.52. The zero-order valence-electron chi connectivity index (χ0n) is 8.63. The van der Waals surface area contributed by atoms with Crippen molar-refractivity contribution in [3.8, 4) is 0 Å². The van der Waals surface area contributed by atoms with E-state index in [9.17, 15) is 9.59 Å². The third-order valence-corrected chi connectivity index (χ3v) is 1.72. The van der Waals surface area contributed by atoms with Gasteiger partial charge in [-0.1, -0.05) is 13.8 Å². The summed E-state index contributed by atoms with van der Waals surface area (Å²) in [4.78, 5) is 21.5. The van der Waals surface area contributed by atoms with Crippen LogP contribution in [0.2, 0.25) is 0 Å². The molecule has 1 saturated heterocycles. The van der Waals surface area contributed by atoms with Gasteiger partial charge < -0.3 is 4.74 Å². The lowest BCUT2D eigenvalue weighted by atomic mass is 9.96. The molecule has 0 amide bonds. The minimum atomic E-state index is -2.62. The number of hydrogen-bond acceptors (Lipinski definition) is 5. The molecule has 1 rings (SSSR count). The molecule has 88 valence electrons. The zero-order chi connectivity index (χ0) is 12.0. The van der Waals surface area contributed by atoms with E-state index in [1.807, 2.05) is 13.8 Å². The van der Waals surface area contributed by atoms with Crippen molar-refractivity contribution in [2.75, 3.05) is 0 Å². The van der Waals surface area contributed by atoms with Crippen molar-refractivity contribution < 1.29 is 22.7 Å². The maximum atomic E-state index is 10.9. The van der Waals surface area contributed by atoms with E-state index in [4.69, 9.17) is 8.42 Å². The largest absolute Gasteiger partial charge is 0.393 e. The normalized spacial score (nSPS) is 20.2. The number of nitrogens with two attached hydrogens (primary N) is 1. The van der Waals surface area contributed by atoms with Gasteiger partial charge in [0.2, 0.25) is 0 Å². The highest BCUT2D eigenvalue weighted by Gasteiger charge is 2.33. The van der Waals surface area contributed by atoms with Gasteiger partial charge in [0.1, 0.15) is 0 Å². The van der Waals surface area contributed by atoms with E-state index in [2.05, 4.69) is 9.88 Å². The van der Waals surface area contributed by atoms with Crippen molar-refractivity contribution in [3.63, 3.8) is 0 Å². The third-order valence-electron chi connectivity index (χ3n) is 1.72. The molecule has 1 aliphatic heterocycles. The van der Waals surface area contributed by atoms with Gasteiger partial charge in [-0.2, -0.15) is 0 Å². The van der Waals surface area contributed by atoms with Gasteiger partial charge in [-0.15, -0.1) is 0 Å². The van der Waals surface area contributed by atoms with Crippen LogP contribution in [0.5, 0.6) is 0 Å². The summed E-state index contributed by atoms with van der Waals surface area (Å²) >= 11 is 0. The molecule has 0 saturated carbocycles. The molecule has 1 heterocycles. The molecule has 1 fully saturated rings. The number of rotatable bonds is 2. The fraction of sp³-hybridized carbons (Fsp3) is 0.750. The first kappa shape index (κ1) is 14.1. The molecule has 0 aromatic carbocycles. The van der Waals surface area contributed by atoms with Crippen LogP contribution >= 0.6 is 0 Å². The molecule has 15 heavy (non-hydrogen) atoms. The van der Waals surface area contributed by atoms with E-state index in [1.54, 1.807) is 0 Å². The van der Waals surface area contributed by atoms with E-state index in [0.717, 1.165) is 6.42 Å². The Labute approximate surface area is 89.9 Å². The lowest BCUT2D eigenvalue weighted by Crippen LogP contribution is -2.09. The first-order valence-electron chi connectivity index (χ1n) is 4.46. The van der Waals surface area contributed by atoms with Crippen molar-refractivity contribution in [3.05, 3.63) is 0 Å². The van der Waals surface area contributed by atoms with Crippen molar-refractivity contribution in [1.82, 2.24) is 0 Å². The Morgan fingerprint density at radius 3 is 2.20 bits per heavy atom. The van der Waals surface area contributed by atoms with Crippen LogP contribution in [-0.4, -0.2) is 20.4 Å². The van der Waals surface area contributed by atoms with Gasteiger partial charge in [0.25, 0.3) is 0 Å². The molecule has 0 aromatic heterocycles. The topological polar surface area (TPSA) is 104 Å². The third kappa shape index (κ3) is 7.03. The number of cyclic esters (lactones) is 2. The van der Waals surface area contributed by atoms with Crippen LogP contribution in [0.25, 0.3) is 0 Å². The molecular weight excluding hydrogens is 222 g/mol. The van der Waals surface area contributed by atoms with Gasteiger partial charge in [0.15, 0.2) is 10.9 Å². The van der Waals surface area contributed by atoms with Gasteiger partial charge >= 0.3 is 11.9 Å². The number of hydrogen-bond donors (Lipinski definition) is 2. The van der Waals surface area contributed by atoms with E-state index in [-0.39, 0.29) is 24.3 Å². The quantitative estimate of drug-likeness (QED) is 0.386. The Hall–Kier alpha value is -0.950. The molecular formula is C8H15NO5S. The summed E-state index contributed by atoms with van der Waals surface area (Å²) < 4.78 is 22.0. The highest BCUT2D eigenvalue weighted by molar-refractivity contribution is 7.69. The van der Waals surface area contributed by atoms with Gasteiger partial charge in [0, 0.05) is 0 Å². The maximum absolute atomic E-state index is 10.9. The number of carbonyl (C=O) groups is 2. The van der Waals surface area contributed by atoms with Crippen molar-refractivity contribution in [2.24, 2.45) is 17.0 Å². The smallest absolute Gasteiger partial charge is 0.317 e. The van der Waals surface area contributed by atoms with Crippen LogP contribution in [0.1, 0.15) is 26.7 Å². The summed E-state index contributed by atoms with van der Waals surface area (Å²) in [5.74, 6) is -0.453. The Morgan fingerprint density at radius 1 is 1.47 bits per heavy atom. The number of thiol groups is 1. The Bertz CT molecular complexity index is 302. The molecule has 0 spiro atoms. The van der Waals surface area contributed by atoms with Crippen LogP contribution in [0.4, 0.5) is 0 Å². The Balaban J connectivity index is 0.000000423. The van der Waals surface area contributed by atoms with Gasteiger partial charge in [0.05, 0.1) is 12.3 Å². The lowest BCUT2D eigenvalue weighted by Gasteiger charge is -2.05. The summed E-state index contributed by atoms with van der Waals surface area (Å²) in [5, 5.41) is 4.06. The number of esters is 2. The Morgan fingerprint density at radius 2 is 1.93 bits per heavy atom. The monoisotopic (exact) mass is 237 g/mol. The predicted molar refractivity (Wildman–Crippen MR) is 53.2 cm³/mol. The summed E-state index contributed by atoms with van der Waals surface area (Å²) in [5.41, 5.74) is 0. The number of ether oxygens (including phenoxy) is 1. The van der Waals surface area contributed by atoms with E-state index < -0.39 is 10.9 Å². The molecule has 6 nitrogen and oxygen atoms in total. The van der Waals surface area contributed by atoms with Crippen LogP contribution in [0.3, 0.4) is 0 Å². The van der Waals surface area contributed by atoms with E-state index >= 15 is 0 Å². The van der Waals surface area contributed by atoms with Gasteiger partial charge in [-0.05, 0) is 12.3 Å². The molecule has 2 N–H and O–H groups in total. The summed E-state index contributed by atoms with van der Waals surface area (Å²) in [6.07, 6.45) is 1.03. The summed E-state index contributed by atoms with van der Waals surface area (Å²) in [6, 6.07) is 0. The average Bonchev–Trinajstić information content (AvgIpc) is 2.27. The van der Waals surface area contributed by atoms with Crippen LogP contribution in [0.15, 0.2) is 0 Å². The molecule has 0 aromatic rings. The van der Waals surface area contributed by atoms with Crippen LogP contribution in [0, 0.1) is 11.8 Å². The summed E-state index contributed by atoms with van der Waals surface area (Å²) in [6.45, 7) is 4.05. The average molecular weight is 237 g/mol. The van der Waals surface area contributed by atoms with Gasteiger partial charge in [-0.25, -0.2) is 13.6 Å². The van der Waals surface area contributed by atoms with Gasteiger partial charge in [-0.3, -0.25) is 9.59 Å². The first-order valence-corrected chi connectivity index (χ1v) is 5.71. The fourth-order valence-electron chi connectivity index (χ4n) is 1.27. The van der Waals surface area contributed by atoms with E-state index in [1.165, 1.54) is 0 Å². The molecule has 0 radical (unpaired) electrons. The summed E-state index contributed by atoms with van der Waals surface area (Å²) in [7, 11) is -2.62. The minimum absolute atomic E-state index is 0.178. The molecule has 1 aliphatic rings. The van der Waals surface area contributed by atoms with Crippen LogP contribution in [-0.2, 0) is 25.2 Å². The van der Waals surface area contributed by atoms with E-state index in [0.29, 0.717) is 5.92 Å². The standard InChI is InChI=1S/C8H12O3.H3NO2S/c1-5(2)3-6-4-7(9)11-8(6)10;1-4(2)3/h5-6H,3-4H2,1-2H3;4H,(H2,1,2,3). The highest BCUT2D eigenvalue weighted by atomic mass is 32.2. The SMILES string of the molecule is CC(C)CC1CC(=O)OC1=O.N[SH](=O)=O. The fourth-order valence-corrected chi connectivity index (χ4v) is 1.27. The predicted octanol–water partition coefficient (Wildman–Crippen LogP) is -0.406. The minimum Gasteiger partial charge on any atom is -0.393 e.